The van der Waals surface area contributed by atoms with Gasteiger partial charge in [0.25, 0.3) is 5.91 Å². The van der Waals surface area contributed by atoms with Crippen LogP contribution >= 0.6 is 0 Å². The molecule has 7 rings (SSSR count). The van der Waals surface area contributed by atoms with E-state index in [4.69, 9.17) is 4.74 Å². The number of hydrogen-bond acceptors (Lipinski definition) is 8. The number of carbonyl (C=O) groups is 5. The number of aromatic hydroxyl groups is 1. The van der Waals surface area contributed by atoms with E-state index in [1.165, 1.54) is 32.7 Å². The van der Waals surface area contributed by atoms with Crippen LogP contribution in [0.15, 0.2) is 67.3 Å². The summed E-state index contributed by atoms with van der Waals surface area (Å²) in [4.78, 5) is 72.3. The van der Waals surface area contributed by atoms with Crippen LogP contribution in [0.4, 0.5) is 0 Å². The van der Waals surface area contributed by atoms with Gasteiger partial charge in [0.15, 0.2) is 0 Å². The van der Waals surface area contributed by atoms with Gasteiger partial charge in [-0.3, -0.25) is 29.0 Å². The van der Waals surface area contributed by atoms with Crippen molar-refractivity contribution in [3.05, 3.63) is 89.5 Å². The van der Waals surface area contributed by atoms with Crippen LogP contribution in [0, 0.1) is 31.1 Å². The van der Waals surface area contributed by atoms with Gasteiger partial charge >= 0.3 is 5.97 Å². The topological polar surface area (TPSA) is 154 Å². The Morgan fingerprint density at radius 1 is 1.03 bits per heavy atom. The minimum Gasteiger partial charge on any atom is -0.508 e. The molecule has 340 valence electrons. The highest BCUT2D eigenvalue weighted by atomic mass is 16.5. The number of rotatable bonds is 8. The van der Waals surface area contributed by atoms with Gasteiger partial charge in [0.05, 0.1) is 18.2 Å². The van der Waals surface area contributed by atoms with E-state index < -0.39 is 47.2 Å². The molecule has 4 aromatic rings. The normalized spacial score (nSPS) is 20.7. The number of amides is 4. The maximum absolute atomic E-state index is 14.7. The number of nitrogens with one attached hydrogen (secondary N) is 2. The highest BCUT2D eigenvalue weighted by molar-refractivity contribution is 5.97. The summed E-state index contributed by atoms with van der Waals surface area (Å²) in [5, 5.41) is 16.8. The molecular weight excluding hydrogens is 809 g/mol. The summed E-state index contributed by atoms with van der Waals surface area (Å²) < 4.78 is 8.47. The van der Waals surface area contributed by atoms with E-state index in [9.17, 15) is 29.1 Å². The largest absolute Gasteiger partial charge is 0.508 e. The number of carbonyl (C=O) groups excluding carboxylic acids is 5. The molecule has 0 radical (unpaired) electrons. The zero-order valence-corrected chi connectivity index (χ0v) is 38.6. The molecule has 1 aromatic heterocycles. The third kappa shape index (κ3) is 9.31. The second-order valence-electron chi connectivity index (χ2n) is 19.1. The maximum atomic E-state index is 14.7. The first-order valence-electron chi connectivity index (χ1n) is 22.7. The number of phenolic OH excluding ortho intramolecular Hbond substituents is 1. The van der Waals surface area contributed by atoms with Crippen LogP contribution in [0.5, 0.6) is 5.75 Å². The average molecular weight is 873 g/mol. The van der Waals surface area contributed by atoms with Gasteiger partial charge in [0.1, 0.15) is 23.9 Å². The summed E-state index contributed by atoms with van der Waals surface area (Å²) in [7, 11) is 1.59. The standard InChI is InChI=1S/C51H64N6O7/c1-10-43(59)55-21-19-35(28-55)48(61)54(9)45(30(3)4)47(60)52-41-24-33-22-36(25-37(58)23-33)34-17-18-42-38(26-34)39(46(56(42)11-2)44-31(5)14-12-15-32(44)6)27-51(7,8)29-64-50(63)40-16-13-20-57(53-40)49(41)62/h10,12,14-15,17-18,22-23,25-26,30,35,40-41,45,53,58H,1,11,13,16,19-21,24,27-29H2,2-9H3,(H,52,60)/t35-,40-,41-,45?/m0/s1. The molecule has 0 aliphatic carbocycles. The number of aryl methyl sites for hydroxylation is 3. The molecule has 64 heavy (non-hydrogen) atoms. The number of likely N-dealkylation sites (tertiary alicyclic amines) is 1. The van der Waals surface area contributed by atoms with Crippen molar-refractivity contribution in [2.45, 2.75) is 105 Å². The predicted molar refractivity (Wildman–Crippen MR) is 248 cm³/mol. The quantitative estimate of drug-likeness (QED) is 0.134. The van der Waals surface area contributed by atoms with Crippen molar-refractivity contribution in [3.63, 3.8) is 0 Å². The van der Waals surface area contributed by atoms with Crippen molar-refractivity contribution >= 4 is 40.5 Å². The molecule has 13 nitrogen and oxygen atoms in total. The number of ether oxygens (including phenoxy) is 1. The number of fused-ring (bicyclic) bond motifs is 6. The van der Waals surface area contributed by atoms with Gasteiger partial charge in [-0.25, -0.2) is 5.43 Å². The average Bonchev–Trinajstić information content (AvgIpc) is 3.87. The van der Waals surface area contributed by atoms with Crippen molar-refractivity contribution in [2.75, 3.05) is 33.3 Å². The third-order valence-electron chi connectivity index (χ3n) is 13.3. The van der Waals surface area contributed by atoms with Gasteiger partial charge in [-0.15, -0.1) is 0 Å². The molecule has 4 atom stereocenters. The molecule has 3 aliphatic heterocycles. The minimum atomic E-state index is -1.15. The van der Waals surface area contributed by atoms with Crippen molar-refractivity contribution in [2.24, 2.45) is 17.3 Å². The fourth-order valence-electron chi connectivity index (χ4n) is 10.1. The number of phenols is 1. The lowest BCUT2D eigenvalue weighted by Gasteiger charge is -2.37. The number of likely N-dealkylation sites (N-methyl/N-ethyl adjacent to an activating group) is 1. The number of hydrogen-bond donors (Lipinski definition) is 3. The molecule has 1 unspecified atom stereocenters. The Morgan fingerprint density at radius 3 is 2.45 bits per heavy atom. The van der Waals surface area contributed by atoms with Crippen LogP contribution in [-0.2, 0) is 48.1 Å². The Morgan fingerprint density at radius 2 is 1.77 bits per heavy atom. The first-order valence-corrected chi connectivity index (χ1v) is 22.7. The van der Waals surface area contributed by atoms with Crippen LogP contribution in [0.1, 0.15) is 76.1 Å². The first kappa shape index (κ1) is 46.1. The Labute approximate surface area is 376 Å². The summed E-state index contributed by atoms with van der Waals surface area (Å²) in [5.41, 5.74) is 11.7. The molecular formula is C51H64N6O7. The lowest BCUT2D eigenvalue weighted by molar-refractivity contribution is -0.155. The second-order valence-corrected chi connectivity index (χ2v) is 19.1. The van der Waals surface area contributed by atoms with Crippen molar-refractivity contribution in [1.82, 2.24) is 30.1 Å². The monoisotopic (exact) mass is 872 g/mol. The van der Waals surface area contributed by atoms with Crippen molar-refractivity contribution in [1.29, 1.82) is 0 Å². The molecule has 13 heteroatoms. The summed E-state index contributed by atoms with van der Waals surface area (Å²) in [6, 6.07) is 15.1. The van der Waals surface area contributed by atoms with Gasteiger partial charge in [0, 0.05) is 61.5 Å². The number of esters is 1. The number of aromatic nitrogens is 1. The lowest BCUT2D eigenvalue weighted by atomic mass is 9.83. The van der Waals surface area contributed by atoms with E-state index in [1.807, 2.05) is 19.9 Å². The highest BCUT2D eigenvalue weighted by Crippen LogP contribution is 2.42. The van der Waals surface area contributed by atoms with Gasteiger partial charge < -0.3 is 29.5 Å². The fraction of sp³-hybridized carbons (Fsp3) is 0.471. The van der Waals surface area contributed by atoms with Crippen LogP contribution in [0.25, 0.3) is 33.3 Å². The second kappa shape index (κ2) is 18.6. The number of nitrogens with zero attached hydrogens (tertiary/aromatic N) is 4. The Balaban J connectivity index is 1.30. The first-order chi connectivity index (χ1) is 30.4. The van der Waals surface area contributed by atoms with E-state index in [0.717, 1.165) is 39.8 Å². The minimum absolute atomic E-state index is 0.00748. The fourth-order valence-corrected chi connectivity index (χ4v) is 10.1. The number of hydrazine groups is 1. The maximum Gasteiger partial charge on any atom is 0.324 e. The van der Waals surface area contributed by atoms with Crippen LogP contribution in [0.2, 0.25) is 0 Å². The molecule has 4 heterocycles. The van der Waals surface area contributed by atoms with Crippen molar-refractivity contribution < 1.29 is 33.8 Å². The van der Waals surface area contributed by atoms with Crippen LogP contribution in [0.3, 0.4) is 0 Å². The molecule has 3 N–H and O–H groups in total. The molecule has 2 fully saturated rings. The zero-order chi connectivity index (χ0) is 46.2. The van der Waals surface area contributed by atoms with Crippen LogP contribution < -0.4 is 10.7 Å². The SMILES string of the molecule is C=CC(=O)N1CC[C@H](C(=O)N(C)C(C(=O)N[C@H]2Cc3cc(O)cc(c3)-c3ccc4c(c3)c(c(-c3c(C)cccc3C)n4CC)CC(C)(C)COC(=O)[C@@H]3CCCN(N3)C2=O)C(C)C)C1. The molecule has 3 aliphatic rings. The number of cyclic esters (lactones) is 1. The van der Waals surface area contributed by atoms with Gasteiger partial charge in [-0.1, -0.05) is 64.6 Å². The van der Waals surface area contributed by atoms with E-state index in [-0.39, 0.29) is 49.6 Å². The molecule has 2 saturated heterocycles. The Hall–Kier alpha value is -5.95. The molecule has 4 amide bonds. The molecule has 3 aromatic carbocycles. The molecule has 6 bridgehead atoms. The summed E-state index contributed by atoms with van der Waals surface area (Å²) in [6.07, 6.45) is 3.29. The van der Waals surface area contributed by atoms with Gasteiger partial charge in [0.2, 0.25) is 17.7 Å². The smallest absolute Gasteiger partial charge is 0.324 e. The third-order valence-corrected chi connectivity index (χ3v) is 13.3. The lowest BCUT2D eigenvalue weighted by Crippen LogP contribution is -2.62. The van der Waals surface area contributed by atoms with E-state index in [2.05, 4.69) is 92.9 Å². The highest BCUT2D eigenvalue weighted by Gasteiger charge is 2.40. The zero-order valence-electron chi connectivity index (χ0n) is 38.6. The van der Waals surface area contributed by atoms with Gasteiger partial charge in [-0.2, -0.15) is 0 Å². The van der Waals surface area contributed by atoms with E-state index >= 15 is 0 Å². The number of benzene rings is 3. The van der Waals surface area contributed by atoms with E-state index in [0.29, 0.717) is 37.8 Å². The summed E-state index contributed by atoms with van der Waals surface area (Å²) in [6.45, 7) is 19.7. The summed E-state index contributed by atoms with van der Waals surface area (Å²) >= 11 is 0. The Kier molecular flexibility index (Phi) is 13.4. The van der Waals surface area contributed by atoms with E-state index in [1.54, 1.807) is 24.1 Å². The Bertz CT molecular complexity index is 2470. The molecule has 0 spiro atoms. The van der Waals surface area contributed by atoms with Gasteiger partial charge in [-0.05, 0) is 116 Å². The van der Waals surface area contributed by atoms with Crippen LogP contribution in [-0.4, -0.2) is 105 Å². The predicted octanol–water partition coefficient (Wildman–Crippen LogP) is 6.48. The van der Waals surface area contributed by atoms with Crippen molar-refractivity contribution in [3.8, 4) is 28.1 Å². The molecule has 0 saturated carbocycles. The summed E-state index contributed by atoms with van der Waals surface area (Å²) in [5.74, 6) is -2.76.